The third kappa shape index (κ3) is 3.64. The van der Waals surface area contributed by atoms with Crippen LogP contribution < -0.4 is 5.73 Å². The highest BCUT2D eigenvalue weighted by Gasteiger charge is 2.44. The Hall–Kier alpha value is -1.22. The Morgan fingerprint density at radius 2 is 1.89 bits per heavy atom. The predicted octanol–water partition coefficient (Wildman–Crippen LogP) is -2.52. The Kier molecular flexibility index (Phi) is 5.03. The summed E-state index contributed by atoms with van der Waals surface area (Å²) in [5.74, 6) is -2.31. The molecule has 1 rings (SSSR count). The van der Waals surface area contributed by atoms with E-state index in [-0.39, 0.29) is 13.0 Å². The fourth-order valence-electron chi connectivity index (χ4n) is 1.79. The second kappa shape index (κ2) is 6.10. The maximum Gasteiger partial charge on any atom is 0.302 e. The lowest BCUT2D eigenvalue weighted by Crippen LogP contribution is -2.56. The maximum absolute atomic E-state index is 10.8. The molecule has 5 atom stereocenters. The zero-order valence-corrected chi connectivity index (χ0v) is 9.85. The summed E-state index contributed by atoms with van der Waals surface area (Å²) in [6, 6.07) is 0. The molecule has 1 fully saturated rings. The van der Waals surface area contributed by atoms with Crippen molar-refractivity contribution in [3.05, 3.63) is 0 Å². The fourth-order valence-corrected chi connectivity index (χ4v) is 1.79. The summed E-state index contributed by atoms with van der Waals surface area (Å²) < 4.78 is 9.62. The van der Waals surface area contributed by atoms with E-state index in [0.717, 1.165) is 0 Å². The van der Waals surface area contributed by atoms with Gasteiger partial charge in [-0.25, -0.2) is 0 Å². The molecule has 1 amide bonds. The minimum absolute atomic E-state index is 0.298. The molecule has 0 bridgehead atoms. The molecule has 18 heavy (non-hydrogen) atoms. The van der Waals surface area contributed by atoms with E-state index in [1.54, 1.807) is 0 Å². The number of aliphatic hydroxyl groups excluding tert-OH is 3. The van der Waals surface area contributed by atoms with Gasteiger partial charge in [0.25, 0.3) is 0 Å². The maximum atomic E-state index is 10.8. The van der Waals surface area contributed by atoms with Crippen LogP contribution >= 0.6 is 0 Å². The van der Waals surface area contributed by atoms with Crippen molar-refractivity contribution in [2.45, 2.75) is 37.9 Å². The zero-order valence-electron chi connectivity index (χ0n) is 9.85. The molecular formula is C10H17NO7. The minimum Gasteiger partial charge on any atom is -0.463 e. The Morgan fingerprint density at radius 1 is 1.28 bits per heavy atom. The lowest BCUT2D eigenvalue weighted by Gasteiger charge is -2.40. The molecule has 0 spiro atoms. The Morgan fingerprint density at radius 3 is 2.39 bits per heavy atom. The largest absolute Gasteiger partial charge is 0.463 e. The van der Waals surface area contributed by atoms with Crippen LogP contribution in [0.15, 0.2) is 0 Å². The lowest BCUT2D eigenvalue weighted by molar-refractivity contribution is -0.271. The summed E-state index contributed by atoms with van der Waals surface area (Å²) in [4.78, 5) is 21.4. The van der Waals surface area contributed by atoms with Gasteiger partial charge in [-0.15, -0.1) is 0 Å². The number of carbonyl (C=O) groups is 2. The first kappa shape index (κ1) is 14.8. The van der Waals surface area contributed by atoms with Crippen molar-refractivity contribution in [3.63, 3.8) is 0 Å². The average molecular weight is 263 g/mol. The van der Waals surface area contributed by atoms with Crippen molar-refractivity contribution >= 4 is 11.9 Å². The van der Waals surface area contributed by atoms with Gasteiger partial charge in [0, 0.05) is 19.3 Å². The van der Waals surface area contributed by atoms with Gasteiger partial charge in [-0.1, -0.05) is 0 Å². The number of hydrogen-bond acceptors (Lipinski definition) is 7. The Bertz CT molecular complexity index is 319. The van der Waals surface area contributed by atoms with E-state index in [1.165, 1.54) is 6.92 Å². The van der Waals surface area contributed by atoms with Crippen molar-refractivity contribution in [3.8, 4) is 0 Å². The number of primary amides is 1. The van der Waals surface area contributed by atoms with Crippen molar-refractivity contribution in [2.24, 2.45) is 11.7 Å². The smallest absolute Gasteiger partial charge is 0.302 e. The second-order valence-corrected chi connectivity index (χ2v) is 4.18. The number of hydrogen-bond donors (Lipinski definition) is 4. The van der Waals surface area contributed by atoms with E-state index < -0.39 is 42.4 Å². The molecule has 1 aliphatic rings. The van der Waals surface area contributed by atoms with Crippen LogP contribution in [0.5, 0.6) is 0 Å². The molecule has 1 heterocycles. The van der Waals surface area contributed by atoms with Crippen LogP contribution in [0, 0.1) is 5.92 Å². The number of esters is 1. The van der Waals surface area contributed by atoms with Crippen molar-refractivity contribution in [1.82, 2.24) is 0 Å². The van der Waals surface area contributed by atoms with Crippen LogP contribution in [0.1, 0.15) is 13.3 Å². The summed E-state index contributed by atoms with van der Waals surface area (Å²) in [6.45, 7) is 0.881. The molecule has 104 valence electrons. The second-order valence-electron chi connectivity index (χ2n) is 4.18. The number of ether oxygens (including phenoxy) is 2. The monoisotopic (exact) mass is 263 g/mol. The van der Waals surface area contributed by atoms with E-state index in [2.05, 4.69) is 4.74 Å². The van der Waals surface area contributed by atoms with E-state index in [4.69, 9.17) is 10.5 Å². The van der Waals surface area contributed by atoms with Crippen molar-refractivity contribution in [1.29, 1.82) is 0 Å². The molecule has 8 nitrogen and oxygen atoms in total. The topological polar surface area (TPSA) is 139 Å². The molecule has 0 aliphatic carbocycles. The number of rotatable bonds is 4. The molecule has 5 N–H and O–H groups in total. The third-order valence-corrected chi connectivity index (χ3v) is 2.74. The molecule has 1 aliphatic heterocycles. The quantitative estimate of drug-likeness (QED) is 0.410. The van der Waals surface area contributed by atoms with E-state index >= 15 is 0 Å². The first-order valence-electron chi connectivity index (χ1n) is 5.44. The molecule has 0 aromatic rings. The van der Waals surface area contributed by atoms with Gasteiger partial charge in [-0.3, -0.25) is 9.59 Å². The molecule has 0 radical (unpaired) electrons. The molecule has 0 saturated carbocycles. The van der Waals surface area contributed by atoms with Crippen molar-refractivity contribution < 1.29 is 34.4 Å². The van der Waals surface area contributed by atoms with Gasteiger partial charge < -0.3 is 30.5 Å². The highest BCUT2D eigenvalue weighted by atomic mass is 16.6. The standard InChI is InChI=1S/C10H17NO7/c1-4(12)17-3-6-9(15)8(14)5(2-7(11)13)10(16)18-6/h5-6,8-10,14-16H,2-3H2,1H3,(H2,11,13)/t5-,6-,8-,9+,10?/m1/s1. The summed E-state index contributed by atoms with van der Waals surface area (Å²) in [7, 11) is 0. The van der Waals surface area contributed by atoms with Crippen LogP contribution in [-0.2, 0) is 19.1 Å². The van der Waals surface area contributed by atoms with Crippen LogP contribution in [-0.4, -0.2) is 58.4 Å². The molecule has 0 aromatic carbocycles. The third-order valence-electron chi connectivity index (χ3n) is 2.74. The van der Waals surface area contributed by atoms with E-state index in [0.29, 0.717) is 0 Å². The van der Waals surface area contributed by atoms with Gasteiger partial charge in [0.15, 0.2) is 6.29 Å². The van der Waals surface area contributed by atoms with Crippen LogP contribution in [0.4, 0.5) is 0 Å². The first-order chi connectivity index (χ1) is 8.32. The summed E-state index contributed by atoms with van der Waals surface area (Å²) in [5, 5.41) is 29.1. The highest BCUT2D eigenvalue weighted by molar-refractivity contribution is 5.74. The average Bonchev–Trinajstić information content (AvgIpc) is 2.27. The minimum atomic E-state index is -1.46. The number of nitrogens with two attached hydrogens (primary N) is 1. The molecule has 1 saturated heterocycles. The summed E-state index contributed by atoms with van der Waals surface area (Å²) in [6.07, 6.45) is -5.60. The van der Waals surface area contributed by atoms with Gasteiger partial charge in [0.2, 0.25) is 5.91 Å². The normalized spacial score (nSPS) is 36.1. The van der Waals surface area contributed by atoms with Gasteiger partial charge >= 0.3 is 5.97 Å². The first-order valence-corrected chi connectivity index (χ1v) is 5.44. The van der Waals surface area contributed by atoms with Gasteiger partial charge in [-0.2, -0.15) is 0 Å². The summed E-state index contributed by atoms with van der Waals surface area (Å²) >= 11 is 0. The zero-order chi connectivity index (χ0) is 13.9. The number of amides is 1. The van der Waals surface area contributed by atoms with Gasteiger partial charge in [0.05, 0.1) is 6.10 Å². The van der Waals surface area contributed by atoms with Crippen LogP contribution in [0.2, 0.25) is 0 Å². The summed E-state index contributed by atoms with van der Waals surface area (Å²) in [5.41, 5.74) is 4.96. The van der Waals surface area contributed by atoms with Gasteiger partial charge in [0.1, 0.15) is 18.8 Å². The number of carbonyl (C=O) groups excluding carboxylic acids is 2. The van der Waals surface area contributed by atoms with E-state index in [1.807, 2.05) is 0 Å². The highest BCUT2D eigenvalue weighted by Crippen LogP contribution is 2.27. The van der Waals surface area contributed by atoms with Crippen LogP contribution in [0.3, 0.4) is 0 Å². The molecule has 0 aromatic heterocycles. The van der Waals surface area contributed by atoms with Crippen LogP contribution in [0.25, 0.3) is 0 Å². The number of aliphatic hydroxyl groups is 3. The molecule has 1 unspecified atom stereocenters. The Labute approximate surface area is 103 Å². The fraction of sp³-hybridized carbons (Fsp3) is 0.800. The lowest BCUT2D eigenvalue weighted by atomic mass is 9.88. The predicted molar refractivity (Wildman–Crippen MR) is 56.8 cm³/mol. The van der Waals surface area contributed by atoms with E-state index in [9.17, 15) is 24.9 Å². The SMILES string of the molecule is CC(=O)OC[C@H]1OC(O)[C@H](CC(N)=O)[C@@H](O)[C@H]1O. The molecule has 8 heteroatoms. The van der Waals surface area contributed by atoms with Crippen molar-refractivity contribution in [2.75, 3.05) is 6.61 Å². The van der Waals surface area contributed by atoms with Gasteiger partial charge in [-0.05, 0) is 0 Å². The Balaban J connectivity index is 2.64. The molecular weight excluding hydrogens is 246 g/mol.